The van der Waals surface area contributed by atoms with E-state index in [0.29, 0.717) is 11.4 Å². The van der Waals surface area contributed by atoms with Gasteiger partial charge in [0.1, 0.15) is 0 Å². The van der Waals surface area contributed by atoms with Gasteiger partial charge in [-0.2, -0.15) is 0 Å². The first-order valence-electron chi connectivity index (χ1n) is 10.4. The highest BCUT2D eigenvalue weighted by molar-refractivity contribution is 7.13. The molecule has 0 saturated heterocycles. The molecule has 1 aromatic heterocycles. The van der Waals surface area contributed by atoms with Gasteiger partial charge >= 0.3 is 0 Å². The maximum Gasteiger partial charge on any atom is 0.248 e. The number of anilines is 3. The molecule has 0 saturated carbocycles. The molecule has 0 bridgehead atoms. The Balaban J connectivity index is 1.35. The van der Waals surface area contributed by atoms with Crippen LogP contribution in [-0.2, 0) is 11.3 Å². The Hall–Kier alpha value is -3.83. The van der Waals surface area contributed by atoms with E-state index >= 15 is 0 Å². The van der Waals surface area contributed by atoms with Crippen molar-refractivity contribution in [2.24, 2.45) is 0 Å². The predicted molar refractivity (Wildman–Crippen MR) is 137 cm³/mol. The van der Waals surface area contributed by atoms with E-state index in [9.17, 15) is 4.79 Å². The van der Waals surface area contributed by atoms with E-state index in [1.54, 1.807) is 17.4 Å². The van der Waals surface area contributed by atoms with Crippen molar-refractivity contribution in [2.45, 2.75) is 13.5 Å². The minimum atomic E-state index is -0.217. The van der Waals surface area contributed by atoms with Crippen LogP contribution >= 0.6 is 11.3 Å². The Bertz CT molecular complexity index is 1230. The highest BCUT2D eigenvalue weighted by Gasteiger charge is 2.06. The zero-order valence-electron chi connectivity index (χ0n) is 17.8. The fourth-order valence-corrected chi connectivity index (χ4v) is 4.04. The van der Waals surface area contributed by atoms with Gasteiger partial charge in [0.2, 0.25) is 5.91 Å². The lowest BCUT2D eigenvalue weighted by molar-refractivity contribution is -0.111. The number of thiophene rings is 1. The van der Waals surface area contributed by atoms with Gasteiger partial charge in [-0.25, -0.2) is 0 Å². The van der Waals surface area contributed by atoms with Crippen molar-refractivity contribution < 1.29 is 4.79 Å². The number of carbonyl (C=O) groups excluding carboxylic acids is 1. The molecule has 4 aromatic rings. The molecule has 1 heterocycles. The maximum absolute atomic E-state index is 12.4. The minimum Gasteiger partial charge on any atom is -0.397 e. The van der Waals surface area contributed by atoms with E-state index in [0.717, 1.165) is 28.2 Å². The monoisotopic (exact) mass is 439 g/mol. The molecule has 0 atom stereocenters. The molecule has 0 aliphatic carbocycles. The lowest BCUT2D eigenvalue weighted by Gasteiger charge is -2.09. The van der Waals surface area contributed by atoms with Crippen LogP contribution in [0.5, 0.6) is 0 Å². The van der Waals surface area contributed by atoms with E-state index in [2.05, 4.69) is 47.9 Å². The Morgan fingerprint density at radius 3 is 2.59 bits per heavy atom. The van der Waals surface area contributed by atoms with Crippen LogP contribution in [0.4, 0.5) is 17.1 Å². The highest BCUT2D eigenvalue weighted by Crippen LogP contribution is 2.30. The molecule has 1 amide bonds. The molecule has 0 radical (unpaired) electrons. The first kappa shape index (κ1) is 21.4. The van der Waals surface area contributed by atoms with Crippen LogP contribution in [0.3, 0.4) is 0 Å². The van der Waals surface area contributed by atoms with E-state index in [-0.39, 0.29) is 5.91 Å². The van der Waals surface area contributed by atoms with Crippen LogP contribution in [-0.4, -0.2) is 5.91 Å². The summed E-state index contributed by atoms with van der Waals surface area (Å²) in [5.74, 6) is -0.217. The number of aryl methyl sites for hydroxylation is 1. The van der Waals surface area contributed by atoms with Crippen molar-refractivity contribution in [3.8, 4) is 10.4 Å². The lowest BCUT2D eigenvalue weighted by Crippen LogP contribution is -2.09. The van der Waals surface area contributed by atoms with Crippen LogP contribution in [0.2, 0.25) is 0 Å². The summed E-state index contributed by atoms with van der Waals surface area (Å²) in [7, 11) is 0. The molecule has 0 spiro atoms. The maximum atomic E-state index is 12.4. The zero-order chi connectivity index (χ0) is 22.3. The van der Waals surface area contributed by atoms with Crippen molar-refractivity contribution in [1.82, 2.24) is 0 Å². The molecule has 160 valence electrons. The zero-order valence-corrected chi connectivity index (χ0v) is 18.7. The van der Waals surface area contributed by atoms with Gasteiger partial charge in [0.25, 0.3) is 0 Å². The third-order valence-corrected chi connectivity index (χ3v) is 5.96. The van der Waals surface area contributed by atoms with Crippen molar-refractivity contribution in [3.63, 3.8) is 0 Å². The number of benzene rings is 3. The first-order valence-corrected chi connectivity index (χ1v) is 11.3. The number of nitrogen functional groups attached to an aromatic ring is 1. The molecule has 32 heavy (non-hydrogen) atoms. The minimum absolute atomic E-state index is 0.217. The Labute approximate surface area is 192 Å². The van der Waals surface area contributed by atoms with Gasteiger partial charge in [-0.05, 0) is 71.0 Å². The van der Waals surface area contributed by atoms with Crippen LogP contribution in [0.25, 0.3) is 16.5 Å². The number of nitrogens with two attached hydrogens (primary N) is 1. The molecule has 0 aliphatic heterocycles. The number of hydrogen-bond acceptors (Lipinski definition) is 4. The third kappa shape index (κ3) is 5.65. The smallest absolute Gasteiger partial charge is 0.248 e. The number of hydrogen-bond donors (Lipinski definition) is 3. The van der Waals surface area contributed by atoms with E-state index in [4.69, 9.17) is 5.73 Å². The third-order valence-electron chi connectivity index (χ3n) is 5.04. The summed E-state index contributed by atoms with van der Waals surface area (Å²) in [6.07, 6.45) is 3.32. The molecule has 4 rings (SSSR count). The second kappa shape index (κ2) is 9.98. The second-order valence-electron chi connectivity index (χ2n) is 7.57. The van der Waals surface area contributed by atoms with Gasteiger partial charge in [0.15, 0.2) is 0 Å². The van der Waals surface area contributed by atoms with Gasteiger partial charge in [-0.1, -0.05) is 48.5 Å². The number of carbonyl (C=O) groups is 1. The largest absolute Gasteiger partial charge is 0.397 e. The van der Waals surface area contributed by atoms with Gasteiger partial charge in [0.05, 0.1) is 11.4 Å². The second-order valence-corrected chi connectivity index (χ2v) is 8.51. The Morgan fingerprint density at radius 2 is 1.84 bits per heavy atom. The lowest BCUT2D eigenvalue weighted by atomic mass is 10.1. The molecule has 5 heteroatoms. The summed E-state index contributed by atoms with van der Waals surface area (Å²) in [4.78, 5) is 13.6. The van der Waals surface area contributed by atoms with Crippen LogP contribution < -0.4 is 16.4 Å². The SMILES string of the molecule is Cc1cccc(NCc2ccc(/C=C/C(=O)Nc3cc(-c4cccs4)ccc3N)cc2)c1. The summed E-state index contributed by atoms with van der Waals surface area (Å²) < 4.78 is 0. The molecule has 0 aliphatic rings. The van der Waals surface area contributed by atoms with E-state index in [1.165, 1.54) is 17.2 Å². The number of amides is 1. The summed E-state index contributed by atoms with van der Waals surface area (Å²) in [5.41, 5.74) is 12.7. The molecule has 4 N–H and O–H groups in total. The number of rotatable bonds is 7. The molecule has 0 unspecified atom stereocenters. The summed E-state index contributed by atoms with van der Waals surface area (Å²) in [6.45, 7) is 2.82. The van der Waals surface area contributed by atoms with Crippen molar-refractivity contribution in [1.29, 1.82) is 0 Å². The predicted octanol–water partition coefficient (Wildman–Crippen LogP) is 6.57. The molecular formula is C27H25N3OS. The van der Waals surface area contributed by atoms with Gasteiger partial charge in [0, 0.05) is 23.2 Å². The molecular weight excluding hydrogens is 414 g/mol. The molecule has 0 fully saturated rings. The van der Waals surface area contributed by atoms with E-state index in [1.807, 2.05) is 53.9 Å². The average Bonchev–Trinajstić information content (AvgIpc) is 3.34. The first-order chi connectivity index (χ1) is 15.6. The van der Waals surface area contributed by atoms with Crippen LogP contribution in [0.15, 0.2) is 90.3 Å². The molecule has 3 aromatic carbocycles. The summed E-state index contributed by atoms with van der Waals surface area (Å²) >= 11 is 1.65. The standard InChI is InChI=1S/C27H25N3OS/c1-19-4-2-5-23(16-19)29-18-21-9-7-20(8-10-21)11-14-27(31)30-25-17-22(12-13-24(25)28)26-6-3-15-32-26/h2-17,29H,18,28H2,1H3,(H,30,31)/b14-11+. The van der Waals surface area contributed by atoms with Crippen molar-refractivity contribution in [3.05, 3.63) is 107 Å². The normalized spacial score (nSPS) is 10.9. The topological polar surface area (TPSA) is 67.2 Å². The Kier molecular flexibility index (Phi) is 6.68. The van der Waals surface area contributed by atoms with Crippen LogP contribution in [0.1, 0.15) is 16.7 Å². The van der Waals surface area contributed by atoms with Gasteiger partial charge in [-0.3, -0.25) is 4.79 Å². The fraction of sp³-hybridized carbons (Fsp3) is 0.0741. The van der Waals surface area contributed by atoms with Gasteiger partial charge < -0.3 is 16.4 Å². The van der Waals surface area contributed by atoms with Crippen molar-refractivity contribution in [2.75, 3.05) is 16.4 Å². The Morgan fingerprint density at radius 1 is 1.00 bits per heavy atom. The van der Waals surface area contributed by atoms with Crippen LogP contribution in [0, 0.1) is 6.92 Å². The fourth-order valence-electron chi connectivity index (χ4n) is 3.31. The number of nitrogens with one attached hydrogen (secondary N) is 2. The summed E-state index contributed by atoms with van der Waals surface area (Å²) in [6, 6.07) is 26.2. The van der Waals surface area contributed by atoms with Gasteiger partial charge in [-0.15, -0.1) is 11.3 Å². The van der Waals surface area contributed by atoms with Crippen molar-refractivity contribution >= 4 is 40.4 Å². The average molecular weight is 440 g/mol. The quantitative estimate of drug-likeness (QED) is 0.225. The van der Waals surface area contributed by atoms with E-state index < -0.39 is 0 Å². The molecule has 4 nitrogen and oxygen atoms in total. The summed E-state index contributed by atoms with van der Waals surface area (Å²) in [5, 5.41) is 8.33. The highest BCUT2D eigenvalue weighted by atomic mass is 32.1.